The summed E-state index contributed by atoms with van der Waals surface area (Å²) < 4.78 is 20.0. The molecule has 0 spiro atoms. The van der Waals surface area contributed by atoms with E-state index in [1.165, 1.54) is 12.1 Å². The second-order valence-corrected chi connectivity index (χ2v) is 5.94. The average Bonchev–Trinajstić information content (AvgIpc) is 2.96. The molecule has 0 aliphatic carbocycles. The standard InChI is InChI=1S/C18H15ClFN3O3/c1-23-9-13(12-4-2-3-5-15(12)23)18(25)22-21-17(24)10-26-16-7-6-11(20)8-14(16)19/h2-9H,10H2,1H3,(H,21,24)(H,22,25). The highest BCUT2D eigenvalue weighted by Gasteiger charge is 2.14. The molecule has 0 bridgehead atoms. The lowest BCUT2D eigenvalue weighted by molar-refractivity contribution is -0.123. The van der Waals surface area contributed by atoms with Gasteiger partial charge in [0.05, 0.1) is 10.6 Å². The Morgan fingerprint density at radius 2 is 1.96 bits per heavy atom. The second-order valence-electron chi connectivity index (χ2n) is 5.54. The van der Waals surface area contributed by atoms with Crippen LogP contribution in [0.25, 0.3) is 10.9 Å². The molecular formula is C18H15ClFN3O3. The number of carbonyl (C=O) groups excluding carboxylic acids is 2. The van der Waals surface area contributed by atoms with Crippen molar-refractivity contribution in [2.75, 3.05) is 6.61 Å². The molecule has 1 aromatic heterocycles. The lowest BCUT2D eigenvalue weighted by Crippen LogP contribution is -2.43. The van der Waals surface area contributed by atoms with Gasteiger partial charge >= 0.3 is 0 Å². The average molecular weight is 376 g/mol. The first-order valence-electron chi connectivity index (χ1n) is 7.67. The summed E-state index contributed by atoms with van der Waals surface area (Å²) in [5.41, 5.74) is 5.94. The molecule has 0 saturated heterocycles. The summed E-state index contributed by atoms with van der Waals surface area (Å²) in [7, 11) is 1.83. The fourth-order valence-corrected chi connectivity index (χ4v) is 2.71. The number of carbonyl (C=O) groups is 2. The number of benzene rings is 2. The zero-order valence-corrected chi connectivity index (χ0v) is 14.5. The Morgan fingerprint density at radius 1 is 1.19 bits per heavy atom. The third-order valence-electron chi connectivity index (χ3n) is 3.71. The van der Waals surface area contributed by atoms with Crippen LogP contribution in [0.4, 0.5) is 4.39 Å². The number of amides is 2. The van der Waals surface area contributed by atoms with Gasteiger partial charge in [-0.25, -0.2) is 4.39 Å². The molecule has 0 atom stereocenters. The van der Waals surface area contributed by atoms with Gasteiger partial charge in [0.2, 0.25) is 0 Å². The summed E-state index contributed by atoms with van der Waals surface area (Å²) >= 11 is 5.81. The number of aryl methyl sites for hydroxylation is 1. The molecule has 1 heterocycles. The predicted molar refractivity (Wildman–Crippen MR) is 95.4 cm³/mol. The van der Waals surface area contributed by atoms with Crippen molar-refractivity contribution in [3.8, 4) is 5.75 Å². The van der Waals surface area contributed by atoms with Gasteiger partial charge in [0.25, 0.3) is 11.8 Å². The summed E-state index contributed by atoms with van der Waals surface area (Å²) in [4.78, 5) is 24.1. The molecule has 0 unspecified atom stereocenters. The monoisotopic (exact) mass is 375 g/mol. The van der Waals surface area contributed by atoms with Crippen LogP contribution in [0.5, 0.6) is 5.75 Å². The number of nitrogens with zero attached hydrogens (tertiary/aromatic N) is 1. The lowest BCUT2D eigenvalue weighted by atomic mass is 10.2. The minimum atomic E-state index is -0.584. The van der Waals surface area contributed by atoms with E-state index in [1.54, 1.807) is 6.20 Å². The molecule has 0 aliphatic rings. The lowest BCUT2D eigenvalue weighted by Gasteiger charge is -2.09. The molecule has 8 heteroatoms. The molecule has 3 rings (SSSR count). The first-order valence-corrected chi connectivity index (χ1v) is 8.04. The topological polar surface area (TPSA) is 72.4 Å². The van der Waals surface area contributed by atoms with Crippen molar-refractivity contribution >= 4 is 34.3 Å². The van der Waals surface area contributed by atoms with E-state index in [1.807, 2.05) is 35.9 Å². The van der Waals surface area contributed by atoms with Crippen LogP contribution in [0, 0.1) is 5.82 Å². The Labute approximate surface area is 153 Å². The molecule has 134 valence electrons. The number of para-hydroxylation sites is 1. The van der Waals surface area contributed by atoms with E-state index in [-0.39, 0.29) is 17.4 Å². The van der Waals surface area contributed by atoms with E-state index in [0.29, 0.717) is 5.56 Å². The smallest absolute Gasteiger partial charge is 0.276 e. The second kappa shape index (κ2) is 7.45. The third-order valence-corrected chi connectivity index (χ3v) is 4.01. The van der Waals surface area contributed by atoms with E-state index < -0.39 is 17.6 Å². The van der Waals surface area contributed by atoms with Gasteiger partial charge < -0.3 is 9.30 Å². The molecule has 2 aromatic carbocycles. The van der Waals surface area contributed by atoms with Crippen LogP contribution in [-0.2, 0) is 11.8 Å². The highest BCUT2D eigenvalue weighted by atomic mass is 35.5. The predicted octanol–water partition coefficient (Wildman–Crippen LogP) is 2.81. The van der Waals surface area contributed by atoms with E-state index in [2.05, 4.69) is 10.9 Å². The van der Waals surface area contributed by atoms with Crippen molar-refractivity contribution in [1.82, 2.24) is 15.4 Å². The molecule has 0 fully saturated rings. The van der Waals surface area contributed by atoms with Crippen LogP contribution in [0.1, 0.15) is 10.4 Å². The number of hydrogen-bond acceptors (Lipinski definition) is 3. The number of halogens is 2. The number of hydrazine groups is 1. The zero-order valence-electron chi connectivity index (χ0n) is 13.8. The van der Waals surface area contributed by atoms with E-state index in [9.17, 15) is 14.0 Å². The summed E-state index contributed by atoms with van der Waals surface area (Å²) in [5, 5.41) is 0.827. The number of fused-ring (bicyclic) bond motifs is 1. The fourth-order valence-electron chi connectivity index (χ4n) is 2.49. The number of aromatic nitrogens is 1. The van der Waals surface area contributed by atoms with Crippen LogP contribution < -0.4 is 15.6 Å². The third kappa shape index (κ3) is 3.78. The molecule has 3 aromatic rings. The number of ether oxygens (including phenoxy) is 1. The van der Waals surface area contributed by atoms with Crippen molar-refractivity contribution in [1.29, 1.82) is 0 Å². The molecule has 2 amide bonds. The van der Waals surface area contributed by atoms with Gasteiger partial charge in [0.1, 0.15) is 11.6 Å². The Hall–Kier alpha value is -3.06. The van der Waals surface area contributed by atoms with Crippen molar-refractivity contribution in [3.05, 3.63) is 65.1 Å². The number of rotatable bonds is 4. The zero-order chi connectivity index (χ0) is 18.7. The summed E-state index contributed by atoms with van der Waals surface area (Å²) in [6.07, 6.45) is 1.68. The molecule has 0 aliphatic heterocycles. The molecule has 2 N–H and O–H groups in total. The molecule has 6 nitrogen and oxygen atoms in total. The first-order chi connectivity index (χ1) is 12.5. The van der Waals surface area contributed by atoms with E-state index in [4.69, 9.17) is 16.3 Å². The van der Waals surface area contributed by atoms with E-state index >= 15 is 0 Å². The van der Waals surface area contributed by atoms with Gasteiger partial charge in [-0.05, 0) is 24.3 Å². The Kier molecular flexibility index (Phi) is 5.09. The van der Waals surface area contributed by atoms with Gasteiger partial charge in [-0.1, -0.05) is 29.8 Å². The highest BCUT2D eigenvalue weighted by Crippen LogP contribution is 2.24. The Bertz CT molecular complexity index is 987. The molecule has 26 heavy (non-hydrogen) atoms. The normalized spacial score (nSPS) is 10.6. The number of nitrogens with one attached hydrogen (secondary N) is 2. The Morgan fingerprint density at radius 3 is 2.73 bits per heavy atom. The summed E-state index contributed by atoms with van der Waals surface area (Å²) in [6, 6.07) is 11.0. The maximum atomic E-state index is 13.0. The van der Waals surface area contributed by atoms with Crippen LogP contribution in [0.15, 0.2) is 48.7 Å². The van der Waals surface area contributed by atoms with E-state index in [0.717, 1.165) is 17.0 Å². The van der Waals surface area contributed by atoms with Gasteiger partial charge in [-0.3, -0.25) is 20.4 Å². The summed E-state index contributed by atoms with van der Waals surface area (Å²) in [6.45, 7) is -0.388. The van der Waals surface area contributed by atoms with Crippen molar-refractivity contribution in [3.63, 3.8) is 0 Å². The largest absolute Gasteiger partial charge is 0.482 e. The number of hydrogen-bond donors (Lipinski definition) is 2. The summed E-state index contributed by atoms with van der Waals surface area (Å²) in [5.74, 6) is -1.37. The molecule has 0 radical (unpaired) electrons. The van der Waals surface area contributed by atoms with Crippen LogP contribution in [0.2, 0.25) is 5.02 Å². The maximum Gasteiger partial charge on any atom is 0.276 e. The van der Waals surface area contributed by atoms with Crippen molar-refractivity contribution in [2.24, 2.45) is 7.05 Å². The van der Waals surface area contributed by atoms with Gasteiger partial charge in [0.15, 0.2) is 6.61 Å². The fraction of sp³-hybridized carbons (Fsp3) is 0.111. The quantitative estimate of drug-likeness (QED) is 0.689. The van der Waals surface area contributed by atoms with Crippen molar-refractivity contribution in [2.45, 2.75) is 0 Å². The van der Waals surface area contributed by atoms with Gasteiger partial charge in [0, 0.05) is 24.1 Å². The molecule has 0 saturated carbocycles. The highest BCUT2D eigenvalue weighted by molar-refractivity contribution is 6.32. The van der Waals surface area contributed by atoms with Crippen molar-refractivity contribution < 1.29 is 18.7 Å². The van der Waals surface area contributed by atoms with Crippen LogP contribution in [0.3, 0.4) is 0 Å². The Balaban J connectivity index is 1.58. The van der Waals surface area contributed by atoms with Gasteiger partial charge in [-0.15, -0.1) is 0 Å². The minimum Gasteiger partial charge on any atom is -0.482 e. The SMILES string of the molecule is Cn1cc(C(=O)NNC(=O)COc2ccc(F)cc2Cl)c2ccccc21. The molecular weight excluding hydrogens is 361 g/mol. The van der Waals surface area contributed by atoms with Crippen LogP contribution >= 0.6 is 11.6 Å². The first kappa shape index (κ1) is 17.8. The minimum absolute atomic E-state index is 0.0533. The van der Waals surface area contributed by atoms with Crippen LogP contribution in [-0.4, -0.2) is 23.0 Å². The maximum absolute atomic E-state index is 13.0. The van der Waals surface area contributed by atoms with Gasteiger partial charge in [-0.2, -0.15) is 0 Å².